The van der Waals surface area contributed by atoms with Crippen molar-refractivity contribution in [2.45, 2.75) is 39.2 Å². The van der Waals surface area contributed by atoms with E-state index >= 15 is 0 Å². The first kappa shape index (κ1) is 14.2. The molecule has 0 bridgehead atoms. The van der Waals surface area contributed by atoms with Crippen LogP contribution in [0.15, 0.2) is 28.7 Å². The van der Waals surface area contributed by atoms with Crippen molar-refractivity contribution in [1.29, 1.82) is 0 Å². The SMILES string of the molecule is COc1c(C(O)c2ccc(C3CC3C)o2)ccc(C)c1C. The summed E-state index contributed by atoms with van der Waals surface area (Å²) in [7, 11) is 1.64. The molecule has 3 unspecified atom stereocenters. The molecule has 0 spiro atoms. The summed E-state index contributed by atoms with van der Waals surface area (Å²) in [5.41, 5.74) is 2.96. The fourth-order valence-electron chi connectivity index (χ4n) is 2.88. The number of methoxy groups -OCH3 is 1. The molecule has 1 heterocycles. The van der Waals surface area contributed by atoms with E-state index in [1.807, 2.05) is 38.1 Å². The minimum Gasteiger partial charge on any atom is -0.496 e. The lowest BCUT2D eigenvalue weighted by Crippen LogP contribution is -2.03. The van der Waals surface area contributed by atoms with Gasteiger partial charge in [0.1, 0.15) is 23.4 Å². The zero-order valence-electron chi connectivity index (χ0n) is 13.0. The Bertz CT molecular complexity index is 656. The first-order valence-corrected chi connectivity index (χ1v) is 7.44. The second-order valence-corrected chi connectivity index (χ2v) is 6.09. The second kappa shape index (κ2) is 5.23. The smallest absolute Gasteiger partial charge is 0.140 e. The predicted molar refractivity (Wildman–Crippen MR) is 81.8 cm³/mol. The van der Waals surface area contributed by atoms with E-state index in [0.29, 0.717) is 17.6 Å². The van der Waals surface area contributed by atoms with Gasteiger partial charge in [0.05, 0.1) is 7.11 Å². The standard InChI is InChI=1S/C18H22O3/c1-10-5-6-13(18(20-4)12(10)3)17(19)16-8-7-15(21-16)14-9-11(14)2/h5-8,11,14,17,19H,9H2,1-4H3. The number of aliphatic hydroxyl groups excluding tert-OH is 1. The molecule has 1 aromatic carbocycles. The van der Waals surface area contributed by atoms with Gasteiger partial charge in [-0.3, -0.25) is 0 Å². The maximum atomic E-state index is 10.6. The molecule has 2 aromatic rings. The molecular formula is C18H22O3. The van der Waals surface area contributed by atoms with E-state index in [1.165, 1.54) is 6.42 Å². The molecule has 1 N–H and O–H groups in total. The molecular weight excluding hydrogens is 264 g/mol. The van der Waals surface area contributed by atoms with Crippen LogP contribution in [0.3, 0.4) is 0 Å². The minimum atomic E-state index is -0.790. The summed E-state index contributed by atoms with van der Waals surface area (Å²) in [5.74, 6) is 3.52. The number of benzene rings is 1. The van der Waals surface area contributed by atoms with Crippen LogP contribution in [0.5, 0.6) is 5.75 Å². The van der Waals surface area contributed by atoms with E-state index in [1.54, 1.807) is 7.11 Å². The maximum Gasteiger partial charge on any atom is 0.140 e. The van der Waals surface area contributed by atoms with Crippen molar-refractivity contribution in [3.05, 3.63) is 52.5 Å². The van der Waals surface area contributed by atoms with Gasteiger partial charge >= 0.3 is 0 Å². The monoisotopic (exact) mass is 286 g/mol. The van der Waals surface area contributed by atoms with Gasteiger partial charge in [-0.2, -0.15) is 0 Å². The van der Waals surface area contributed by atoms with E-state index in [4.69, 9.17) is 9.15 Å². The molecule has 1 aliphatic carbocycles. The summed E-state index contributed by atoms with van der Waals surface area (Å²) < 4.78 is 11.3. The summed E-state index contributed by atoms with van der Waals surface area (Å²) in [6.45, 7) is 6.26. The molecule has 0 aliphatic heterocycles. The summed E-state index contributed by atoms with van der Waals surface area (Å²) >= 11 is 0. The van der Waals surface area contributed by atoms with E-state index in [0.717, 1.165) is 28.2 Å². The van der Waals surface area contributed by atoms with Crippen molar-refractivity contribution in [2.24, 2.45) is 5.92 Å². The number of furan rings is 1. The Balaban J connectivity index is 1.93. The van der Waals surface area contributed by atoms with Gasteiger partial charge in [-0.1, -0.05) is 19.1 Å². The highest BCUT2D eigenvalue weighted by atomic mass is 16.5. The topological polar surface area (TPSA) is 42.6 Å². The van der Waals surface area contributed by atoms with Crippen LogP contribution >= 0.6 is 0 Å². The van der Waals surface area contributed by atoms with Crippen LogP contribution in [-0.2, 0) is 0 Å². The number of aliphatic hydroxyl groups is 1. The molecule has 1 fully saturated rings. The lowest BCUT2D eigenvalue weighted by atomic mass is 9.99. The molecule has 3 heteroatoms. The van der Waals surface area contributed by atoms with E-state index in [2.05, 4.69) is 6.92 Å². The highest BCUT2D eigenvalue weighted by molar-refractivity contribution is 5.48. The quantitative estimate of drug-likeness (QED) is 0.919. The number of hydrogen-bond donors (Lipinski definition) is 1. The molecule has 0 amide bonds. The zero-order chi connectivity index (χ0) is 15.1. The highest BCUT2D eigenvalue weighted by Crippen LogP contribution is 2.48. The Morgan fingerprint density at radius 3 is 2.57 bits per heavy atom. The molecule has 1 saturated carbocycles. The second-order valence-electron chi connectivity index (χ2n) is 6.09. The van der Waals surface area contributed by atoms with Crippen molar-refractivity contribution in [1.82, 2.24) is 0 Å². The Hall–Kier alpha value is -1.74. The zero-order valence-corrected chi connectivity index (χ0v) is 13.0. The van der Waals surface area contributed by atoms with Crippen LogP contribution in [0.1, 0.15) is 53.6 Å². The van der Waals surface area contributed by atoms with Gasteiger partial charge in [0, 0.05) is 11.5 Å². The third kappa shape index (κ3) is 2.46. The number of aryl methyl sites for hydroxylation is 1. The molecule has 1 aliphatic rings. The summed E-state index contributed by atoms with van der Waals surface area (Å²) in [5, 5.41) is 10.6. The lowest BCUT2D eigenvalue weighted by Gasteiger charge is -2.16. The Labute approximate surface area is 125 Å². The molecule has 3 atom stereocenters. The van der Waals surface area contributed by atoms with Crippen molar-refractivity contribution >= 4 is 0 Å². The van der Waals surface area contributed by atoms with Gasteiger partial charge in [-0.15, -0.1) is 0 Å². The molecule has 0 saturated heterocycles. The van der Waals surface area contributed by atoms with E-state index in [-0.39, 0.29) is 0 Å². The molecule has 21 heavy (non-hydrogen) atoms. The van der Waals surface area contributed by atoms with Crippen molar-refractivity contribution < 1.29 is 14.3 Å². The predicted octanol–water partition coefficient (Wildman–Crippen LogP) is 4.11. The Morgan fingerprint density at radius 1 is 1.24 bits per heavy atom. The van der Waals surface area contributed by atoms with Gasteiger partial charge in [0.25, 0.3) is 0 Å². The number of rotatable bonds is 4. The third-order valence-electron chi connectivity index (χ3n) is 4.60. The van der Waals surface area contributed by atoms with Crippen molar-refractivity contribution in [3.63, 3.8) is 0 Å². The van der Waals surface area contributed by atoms with Crippen LogP contribution in [0.25, 0.3) is 0 Å². The highest BCUT2D eigenvalue weighted by Gasteiger charge is 2.37. The average Bonchev–Trinajstić information content (AvgIpc) is 3.02. The average molecular weight is 286 g/mol. The molecule has 112 valence electrons. The molecule has 3 rings (SSSR count). The van der Waals surface area contributed by atoms with Crippen molar-refractivity contribution in [2.75, 3.05) is 7.11 Å². The fourth-order valence-corrected chi connectivity index (χ4v) is 2.88. The van der Waals surface area contributed by atoms with Crippen LogP contribution < -0.4 is 4.74 Å². The van der Waals surface area contributed by atoms with Crippen LogP contribution in [0.2, 0.25) is 0 Å². The van der Waals surface area contributed by atoms with Crippen LogP contribution in [0.4, 0.5) is 0 Å². The van der Waals surface area contributed by atoms with Crippen molar-refractivity contribution in [3.8, 4) is 5.75 Å². The fraction of sp³-hybridized carbons (Fsp3) is 0.444. The largest absolute Gasteiger partial charge is 0.496 e. The van der Waals surface area contributed by atoms with Crippen LogP contribution in [-0.4, -0.2) is 12.2 Å². The van der Waals surface area contributed by atoms with Gasteiger partial charge in [0.15, 0.2) is 0 Å². The first-order valence-electron chi connectivity index (χ1n) is 7.44. The van der Waals surface area contributed by atoms with Gasteiger partial charge in [-0.25, -0.2) is 0 Å². The van der Waals surface area contributed by atoms with Gasteiger partial charge < -0.3 is 14.3 Å². The van der Waals surface area contributed by atoms with Gasteiger partial charge in [0.2, 0.25) is 0 Å². The Kier molecular flexibility index (Phi) is 3.54. The molecule has 1 aromatic heterocycles. The third-order valence-corrected chi connectivity index (χ3v) is 4.60. The number of hydrogen-bond acceptors (Lipinski definition) is 3. The molecule has 0 radical (unpaired) electrons. The van der Waals surface area contributed by atoms with E-state index < -0.39 is 6.10 Å². The number of ether oxygens (including phenoxy) is 1. The minimum absolute atomic E-state index is 0.521. The molecule has 3 nitrogen and oxygen atoms in total. The van der Waals surface area contributed by atoms with Crippen LogP contribution in [0, 0.1) is 19.8 Å². The van der Waals surface area contributed by atoms with Gasteiger partial charge in [-0.05, 0) is 49.4 Å². The lowest BCUT2D eigenvalue weighted by molar-refractivity contribution is 0.182. The Morgan fingerprint density at radius 2 is 1.95 bits per heavy atom. The summed E-state index contributed by atoms with van der Waals surface area (Å²) in [6, 6.07) is 7.77. The summed E-state index contributed by atoms with van der Waals surface area (Å²) in [6.07, 6.45) is 0.387. The maximum absolute atomic E-state index is 10.6. The normalized spacial score (nSPS) is 22.1. The first-order chi connectivity index (χ1) is 10.0. The van der Waals surface area contributed by atoms with E-state index in [9.17, 15) is 5.11 Å². The summed E-state index contributed by atoms with van der Waals surface area (Å²) in [4.78, 5) is 0.